The van der Waals surface area contributed by atoms with E-state index in [9.17, 15) is 19.0 Å². The summed E-state index contributed by atoms with van der Waals surface area (Å²) < 4.78 is 26.7. The van der Waals surface area contributed by atoms with Crippen molar-refractivity contribution in [3.05, 3.63) is 35.4 Å². The smallest absolute Gasteiger partial charge is 0.129 e. The Labute approximate surface area is 123 Å². The number of hydrogen-bond acceptors (Lipinski definition) is 4. The van der Waals surface area contributed by atoms with Gasteiger partial charge in [0.1, 0.15) is 11.6 Å². The van der Waals surface area contributed by atoms with Gasteiger partial charge in [-0.3, -0.25) is 9.80 Å². The largest absolute Gasteiger partial charge is 0.392 e. The Morgan fingerprint density at radius 2 is 1.62 bits per heavy atom. The van der Waals surface area contributed by atoms with Crippen LogP contribution in [-0.4, -0.2) is 65.4 Å². The monoisotopic (exact) mass is 300 g/mol. The zero-order valence-corrected chi connectivity index (χ0v) is 12.2. The number of β-amino-alcohol motifs (C(OH)–C–C–N with tert-alkyl or cyclic N) is 2. The number of aliphatic hydroxyl groups is 2. The van der Waals surface area contributed by atoms with E-state index in [-0.39, 0.29) is 18.2 Å². The van der Waals surface area contributed by atoms with Gasteiger partial charge in [0.15, 0.2) is 0 Å². The fraction of sp³-hybridized carbons (Fsp3) is 0.600. The van der Waals surface area contributed by atoms with E-state index in [1.165, 1.54) is 0 Å². The number of rotatable bonds is 5. The van der Waals surface area contributed by atoms with E-state index in [1.807, 2.05) is 4.90 Å². The summed E-state index contributed by atoms with van der Waals surface area (Å²) in [6.45, 7) is 5.73. The van der Waals surface area contributed by atoms with Crippen LogP contribution in [0.25, 0.3) is 0 Å². The van der Waals surface area contributed by atoms with Gasteiger partial charge in [-0.15, -0.1) is 0 Å². The Morgan fingerprint density at radius 3 is 2.19 bits per heavy atom. The topological polar surface area (TPSA) is 46.9 Å². The molecule has 1 saturated heterocycles. The first-order valence-electron chi connectivity index (χ1n) is 7.21. The molecule has 0 aromatic heterocycles. The number of nitrogens with zero attached hydrogens (tertiary/aromatic N) is 2. The van der Waals surface area contributed by atoms with Crippen molar-refractivity contribution in [2.75, 3.05) is 39.3 Å². The van der Waals surface area contributed by atoms with Gasteiger partial charge >= 0.3 is 0 Å². The van der Waals surface area contributed by atoms with E-state index in [0.717, 1.165) is 44.4 Å². The maximum atomic E-state index is 13.6. The quantitative estimate of drug-likeness (QED) is 0.851. The molecule has 1 heterocycles. The first-order chi connectivity index (χ1) is 9.95. The van der Waals surface area contributed by atoms with Crippen molar-refractivity contribution < 1.29 is 19.0 Å². The predicted molar refractivity (Wildman–Crippen MR) is 75.9 cm³/mol. The SMILES string of the molecule is C[C@H](O)CN1CCN(C[C@H](O)c2cc(F)ccc2F)CC1. The Bertz CT molecular complexity index is 463. The molecule has 0 unspecified atom stereocenters. The fourth-order valence-corrected chi connectivity index (χ4v) is 2.64. The molecule has 0 aliphatic carbocycles. The molecular formula is C15H22F2N2O2. The van der Waals surface area contributed by atoms with Gasteiger partial charge < -0.3 is 10.2 Å². The predicted octanol–water partition coefficient (Wildman–Crippen LogP) is 0.997. The number of aliphatic hydroxyl groups excluding tert-OH is 2. The lowest BCUT2D eigenvalue weighted by atomic mass is 10.1. The fourth-order valence-electron chi connectivity index (χ4n) is 2.64. The first-order valence-corrected chi connectivity index (χ1v) is 7.21. The molecule has 0 radical (unpaired) electrons. The molecule has 0 spiro atoms. The van der Waals surface area contributed by atoms with Crippen molar-refractivity contribution in [1.82, 2.24) is 9.80 Å². The second-order valence-electron chi connectivity index (χ2n) is 5.63. The van der Waals surface area contributed by atoms with Crippen LogP contribution in [-0.2, 0) is 0 Å². The minimum absolute atomic E-state index is 0.00131. The third-order valence-electron chi connectivity index (χ3n) is 3.74. The van der Waals surface area contributed by atoms with Crippen LogP contribution in [0.5, 0.6) is 0 Å². The highest BCUT2D eigenvalue weighted by molar-refractivity contribution is 5.21. The second-order valence-corrected chi connectivity index (χ2v) is 5.63. The van der Waals surface area contributed by atoms with Crippen molar-refractivity contribution in [2.45, 2.75) is 19.1 Å². The summed E-state index contributed by atoms with van der Waals surface area (Å²) in [4.78, 5) is 4.17. The van der Waals surface area contributed by atoms with Crippen LogP contribution in [0.2, 0.25) is 0 Å². The van der Waals surface area contributed by atoms with Crippen molar-refractivity contribution >= 4 is 0 Å². The number of halogens is 2. The van der Waals surface area contributed by atoms with Gasteiger partial charge in [-0.25, -0.2) is 8.78 Å². The highest BCUT2D eigenvalue weighted by Gasteiger charge is 2.22. The van der Waals surface area contributed by atoms with Crippen LogP contribution in [0.3, 0.4) is 0 Å². The molecular weight excluding hydrogens is 278 g/mol. The van der Waals surface area contributed by atoms with Crippen LogP contribution >= 0.6 is 0 Å². The summed E-state index contributed by atoms with van der Waals surface area (Å²) >= 11 is 0. The molecule has 4 nitrogen and oxygen atoms in total. The molecule has 0 saturated carbocycles. The molecule has 6 heteroatoms. The molecule has 1 aliphatic heterocycles. The van der Waals surface area contributed by atoms with Gasteiger partial charge in [0, 0.05) is 44.8 Å². The summed E-state index contributed by atoms with van der Waals surface area (Å²) in [6, 6.07) is 3.12. The molecule has 0 amide bonds. The summed E-state index contributed by atoms with van der Waals surface area (Å²) in [7, 11) is 0. The third kappa shape index (κ3) is 4.71. The first kappa shape index (κ1) is 16.3. The summed E-state index contributed by atoms with van der Waals surface area (Å²) in [6.07, 6.45) is -1.40. The van der Waals surface area contributed by atoms with E-state index in [0.29, 0.717) is 6.54 Å². The van der Waals surface area contributed by atoms with Gasteiger partial charge in [-0.1, -0.05) is 0 Å². The molecule has 2 atom stereocenters. The van der Waals surface area contributed by atoms with Crippen molar-refractivity contribution in [3.8, 4) is 0 Å². The average molecular weight is 300 g/mol. The van der Waals surface area contributed by atoms with Gasteiger partial charge in [-0.05, 0) is 25.1 Å². The molecule has 1 fully saturated rings. The Hall–Kier alpha value is -1.08. The van der Waals surface area contributed by atoms with E-state index in [4.69, 9.17) is 0 Å². The average Bonchev–Trinajstić information content (AvgIpc) is 2.43. The lowest BCUT2D eigenvalue weighted by Crippen LogP contribution is -2.49. The molecule has 1 aromatic rings. The van der Waals surface area contributed by atoms with Crippen LogP contribution in [0.4, 0.5) is 8.78 Å². The highest BCUT2D eigenvalue weighted by atomic mass is 19.1. The number of piperazine rings is 1. The Morgan fingerprint density at radius 1 is 1.05 bits per heavy atom. The van der Waals surface area contributed by atoms with Gasteiger partial charge in [0.05, 0.1) is 12.2 Å². The van der Waals surface area contributed by atoms with Gasteiger partial charge in [0.25, 0.3) is 0 Å². The molecule has 1 aliphatic rings. The Balaban J connectivity index is 1.87. The maximum absolute atomic E-state index is 13.6. The molecule has 2 rings (SSSR count). The van der Waals surface area contributed by atoms with E-state index < -0.39 is 17.7 Å². The highest BCUT2D eigenvalue weighted by Crippen LogP contribution is 2.20. The van der Waals surface area contributed by atoms with Crippen molar-refractivity contribution in [3.63, 3.8) is 0 Å². The standard InChI is InChI=1S/C15H22F2N2O2/c1-11(20)9-18-4-6-19(7-5-18)10-15(21)13-8-12(16)2-3-14(13)17/h2-3,8,11,15,20-21H,4-7,9-10H2,1H3/t11-,15-/m0/s1. The Kier molecular flexibility index (Phi) is 5.64. The van der Waals surface area contributed by atoms with Gasteiger partial charge in [0.2, 0.25) is 0 Å². The van der Waals surface area contributed by atoms with Crippen LogP contribution in [0.1, 0.15) is 18.6 Å². The van der Waals surface area contributed by atoms with Crippen molar-refractivity contribution in [1.29, 1.82) is 0 Å². The molecule has 118 valence electrons. The zero-order chi connectivity index (χ0) is 15.4. The minimum atomic E-state index is -1.04. The van der Waals surface area contributed by atoms with E-state index in [1.54, 1.807) is 6.92 Å². The maximum Gasteiger partial charge on any atom is 0.129 e. The van der Waals surface area contributed by atoms with E-state index in [2.05, 4.69) is 4.90 Å². The van der Waals surface area contributed by atoms with Crippen LogP contribution in [0, 0.1) is 11.6 Å². The minimum Gasteiger partial charge on any atom is -0.392 e. The summed E-state index contributed by atoms with van der Waals surface area (Å²) in [5, 5.41) is 19.4. The van der Waals surface area contributed by atoms with Gasteiger partial charge in [-0.2, -0.15) is 0 Å². The molecule has 1 aromatic carbocycles. The normalized spacial score (nSPS) is 20.4. The molecule has 2 N–H and O–H groups in total. The van der Waals surface area contributed by atoms with Crippen LogP contribution < -0.4 is 0 Å². The lowest BCUT2D eigenvalue weighted by molar-refractivity contribution is 0.0516. The molecule has 21 heavy (non-hydrogen) atoms. The lowest BCUT2D eigenvalue weighted by Gasteiger charge is -2.36. The van der Waals surface area contributed by atoms with E-state index >= 15 is 0 Å². The van der Waals surface area contributed by atoms with Crippen molar-refractivity contribution in [2.24, 2.45) is 0 Å². The number of hydrogen-bond donors (Lipinski definition) is 2. The number of benzene rings is 1. The molecule has 0 bridgehead atoms. The second kappa shape index (κ2) is 7.26. The summed E-state index contributed by atoms with van der Waals surface area (Å²) in [5.41, 5.74) is 0.00131. The summed E-state index contributed by atoms with van der Waals surface area (Å²) in [5.74, 6) is -1.14. The third-order valence-corrected chi connectivity index (χ3v) is 3.74. The zero-order valence-electron chi connectivity index (χ0n) is 12.2. The van der Waals surface area contributed by atoms with Crippen LogP contribution in [0.15, 0.2) is 18.2 Å².